The van der Waals surface area contributed by atoms with Crippen LogP contribution in [0.2, 0.25) is 0 Å². The molecule has 0 spiro atoms. The summed E-state index contributed by atoms with van der Waals surface area (Å²) >= 11 is 0. The van der Waals surface area contributed by atoms with Crippen molar-refractivity contribution >= 4 is 0 Å². The Kier molecular flexibility index (Phi) is 5.58. The highest BCUT2D eigenvalue weighted by Crippen LogP contribution is 2.34. The summed E-state index contributed by atoms with van der Waals surface area (Å²) in [5.74, 6) is 1.12. The zero-order valence-electron chi connectivity index (χ0n) is 12.1. The monoisotopic (exact) mass is 263 g/mol. The number of nitrogens with zero attached hydrogens (tertiary/aromatic N) is 2. The van der Waals surface area contributed by atoms with Gasteiger partial charge in [-0.2, -0.15) is 0 Å². The molecule has 1 aromatic rings. The Morgan fingerprint density at radius 3 is 2.79 bits per heavy atom. The third-order valence-electron chi connectivity index (χ3n) is 3.91. The first-order chi connectivity index (χ1) is 9.36. The molecule has 1 N–H and O–H groups in total. The number of rotatable bonds is 5. The van der Waals surface area contributed by atoms with Crippen LogP contribution in [0.4, 0.5) is 0 Å². The van der Waals surface area contributed by atoms with E-state index >= 15 is 0 Å². The van der Waals surface area contributed by atoms with Crippen LogP contribution in [-0.2, 0) is 0 Å². The van der Waals surface area contributed by atoms with Crippen LogP contribution >= 0.6 is 0 Å². The zero-order valence-corrected chi connectivity index (χ0v) is 12.1. The SMILES string of the molecule is CCCNC1CCCCCC1c1nccnc1OC. The number of methoxy groups -OCH3 is 1. The van der Waals surface area contributed by atoms with E-state index in [9.17, 15) is 0 Å². The molecule has 1 heterocycles. The van der Waals surface area contributed by atoms with Crippen LogP contribution in [0, 0.1) is 0 Å². The van der Waals surface area contributed by atoms with Gasteiger partial charge in [-0.3, -0.25) is 4.98 Å². The van der Waals surface area contributed by atoms with Gasteiger partial charge in [0.15, 0.2) is 0 Å². The minimum atomic E-state index is 0.428. The van der Waals surface area contributed by atoms with Gasteiger partial charge < -0.3 is 10.1 Å². The average Bonchev–Trinajstić information content (AvgIpc) is 2.70. The molecule has 19 heavy (non-hydrogen) atoms. The van der Waals surface area contributed by atoms with Gasteiger partial charge in [0.25, 0.3) is 0 Å². The standard InChI is InChI=1S/C15H25N3O/c1-3-9-16-13-8-6-4-5-7-12(13)14-15(19-2)18-11-10-17-14/h10-13,16H,3-9H2,1-2H3. The van der Waals surface area contributed by atoms with Crippen molar-refractivity contribution in [2.45, 2.75) is 57.4 Å². The first-order valence-corrected chi connectivity index (χ1v) is 7.45. The van der Waals surface area contributed by atoms with Crippen molar-refractivity contribution in [3.05, 3.63) is 18.1 Å². The van der Waals surface area contributed by atoms with Crippen molar-refractivity contribution in [1.82, 2.24) is 15.3 Å². The molecular formula is C15H25N3O. The highest BCUT2D eigenvalue weighted by Gasteiger charge is 2.28. The number of hydrogen-bond donors (Lipinski definition) is 1. The third kappa shape index (κ3) is 3.66. The average molecular weight is 263 g/mol. The molecule has 1 fully saturated rings. The summed E-state index contributed by atoms with van der Waals surface area (Å²) in [6.45, 7) is 3.28. The van der Waals surface area contributed by atoms with Crippen LogP contribution in [0.5, 0.6) is 5.88 Å². The molecule has 2 atom stereocenters. The Bertz CT molecular complexity index is 383. The minimum absolute atomic E-state index is 0.428. The van der Waals surface area contributed by atoms with Gasteiger partial charge >= 0.3 is 0 Å². The van der Waals surface area contributed by atoms with Crippen molar-refractivity contribution in [2.24, 2.45) is 0 Å². The molecule has 4 heteroatoms. The fourth-order valence-corrected chi connectivity index (χ4v) is 2.96. The predicted octanol–water partition coefficient (Wildman–Crippen LogP) is 2.90. The Morgan fingerprint density at radius 1 is 1.21 bits per heavy atom. The molecule has 0 radical (unpaired) electrons. The van der Waals surface area contributed by atoms with Gasteiger partial charge in [-0.1, -0.05) is 26.2 Å². The van der Waals surface area contributed by atoms with Crippen molar-refractivity contribution in [3.63, 3.8) is 0 Å². The summed E-state index contributed by atoms with van der Waals surface area (Å²) in [4.78, 5) is 8.85. The minimum Gasteiger partial charge on any atom is -0.480 e. The van der Waals surface area contributed by atoms with Crippen LogP contribution in [0.1, 0.15) is 57.1 Å². The number of aromatic nitrogens is 2. The highest BCUT2D eigenvalue weighted by molar-refractivity contribution is 5.23. The fourth-order valence-electron chi connectivity index (χ4n) is 2.96. The maximum Gasteiger partial charge on any atom is 0.235 e. The Labute approximate surface area is 116 Å². The molecule has 1 aliphatic carbocycles. The van der Waals surface area contributed by atoms with Gasteiger partial charge in [-0.25, -0.2) is 4.98 Å². The van der Waals surface area contributed by atoms with E-state index in [1.54, 1.807) is 19.5 Å². The van der Waals surface area contributed by atoms with E-state index in [0.717, 1.165) is 12.2 Å². The maximum atomic E-state index is 5.39. The Hall–Kier alpha value is -1.16. The van der Waals surface area contributed by atoms with E-state index in [1.165, 1.54) is 38.5 Å². The van der Waals surface area contributed by atoms with Crippen molar-refractivity contribution in [2.75, 3.05) is 13.7 Å². The summed E-state index contributed by atoms with van der Waals surface area (Å²) in [5.41, 5.74) is 1.03. The quantitative estimate of drug-likeness (QED) is 0.830. The van der Waals surface area contributed by atoms with Gasteiger partial charge in [0.2, 0.25) is 5.88 Å². The second kappa shape index (κ2) is 7.43. The normalized spacial score (nSPS) is 23.9. The van der Waals surface area contributed by atoms with Crippen LogP contribution in [0.15, 0.2) is 12.4 Å². The largest absolute Gasteiger partial charge is 0.480 e. The lowest BCUT2D eigenvalue weighted by Crippen LogP contribution is -2.35. The molecule has 1 saturated carbocycles. The van der Waals surface area contributed by atoms with E-state index in [2.05, 4.69) is 22.2 Å². The molecule has 1 aliphatic rings. The van der Waals surface area contributed by atoms with Crippen molar-refractivity contribution < 1.29 is 4.74 Å². The lowest BCUT2D eigenvalue weighted by atomic mass is 9.91. The van der Waals surface area contributed by atoms with E-state index in [-0.39, 0.29) is 0 Å². The molecule has 0 bridgehead atoms. The second-order valence-electron chi connectivity index (χ2n) is 5.26. The molecule has 0 saturated heterocycles. The predicted molar refractivity (Wildman–Crippen MR) is 76.5 cm³/mol. The number of ether oxygens (including phenoxy) is 1. The van der Waals surface area contributed by atoms with E-state index < -0.39 is 0 Å². The second-order valence-corrected chi connectivity index (χ2v) is 5.26. The lowest BCUT2D eigenvalue weighted by molar-refractivity contribution is 0.358. The third-order valence-corrected chi connectivity index (χ3v) is 3.91. The van der Waals surface area contributed by atoms with E-state index in [1.807, 2.05) is 0 Å². The Morgan fingerprint density at radius 2 is 2.00 bits per heavy atom. The van der Waals surface area contributed by atoms with Crippen molar-refractivity contribution in [1.29, 1.82) is 0 Å². The molecule has 0 amide bonds. The van der Waals surface area contributed by atoms with Crippen LogP contribution in [-0.4, -0.2) is 29.7 Å². The first kappa shape index (κ1) is 14.3. The van der Waals surface area contributed by atoms with Crippen LogP contribution < -0.4 is 10.1 Å². The summed E-state index contributed by atoms with van der Waals surface area (Å²) in [5, 5.41) is 3.69. The van der Waals surface area contributed by atoms with Gasteiger partial charge in [-0.15, -0.1) is 0 Å². The number of hydrogen-bond acceptors (Lipinski definition) is 4. The maximum absolute atomic E-state index is 5.39. The van der Waals surface area contributed by atoms with E-state index in [4.69, 9.17) is 4.74 Å². The van der Waals surface area contributed by atoms with Crippen LogP contribution in [0.25, 0.3) is 0 Å². The molecule has 0 aliphatic heterocycles. The molecule has 0 aromatic carbocycles. The van der Waals surface area contributed by atoms with Crippen LogP contribution in [0.3, 0.4) is 0 Å². The van der Waals surface area contributed by atoms with Gasteiger partial charge in [0.1, 0.15) is 5.69 Å². The van der Waals surface area contributed by atoms with Crippen molar-refractivity contribution in [3.8, 4) is 5.88 Å². The summed E-state index contributed by atoms with van der Waals surface area (Å²) in [7, 11) is 1.68. The zero-order chi connectivity index (χ0) is 13.5. The highest BCUT2D eigenvalue weighted by atomic mass is 16.5. The van der Waals surface area contributed by atoms with Gasteiger partial charge in [0.05, 0.1) is 7.11 Å². The molecule has 106 valence electrons. The summed E-state index contributed by atoms with van der Waals surface area (Å²) in [6.07, 6.45) is 11.0. The molecular weight excluding hydrogens is 238 g/mol. The Balaban J connectivity index is 2.20. The fraction of sp³-hybridized carbons (Fsp3) is 0.733. The van der Waals surface area contributed by atoms with E-state index in [0.29, 0.717) is 17.8 Å². The topological polar surface area (TPSA) is 47.0 Å². The lowest BCUT2D eigenvalue weighted by Gasteiger charge is -2.26. The summed E-state index contributed by atoms with van der Waals surface area (Å²) < 4.78 is 5.39. The molecule has 2 rings (SSSR count). The molecule has 2 unspecified atom stereocenters. The molecule has 4 nitrogen and oxygen atoms in total. The van der Waals surface area contributed by atoms with Gasteiger partial charge in [0, 0.05) is 24.4 Å². The first-order valence-electron chi connectivity index (χ1n) is 7.45. The summed E-state index contributed by atoms with van der Waals surface area (Å²) in [6, 6.07) is 0.507. The number of nitrogens with one attached hydrogen (secondary N) is 1. The smallest absolute Gasteiger partial charge is 0.235 e. The van der Waals surface area contributed by atoms with Gasteiger partial charge in [-0.05, 0) is 25.8 Å². The molecule has 1 aromatic heterocycles.